The van der Waals surface area contributed by atoms with Crippen LogP contribution in [-0.2, 0) is 4.79 Å². The SMILES string of the molecule is CCC(=O)Nc1ccc(-c2csc(-c3ccc(N(C)C)cc3)n2)cc1. The van der Waals surface area contributed by atoms with Crippen molar-refractivity contribution in [3.63, 3.8) is 0 Å². The summed E-state index contributed by atoms with van der Waals surface area (Å²) in [6.45, 7) is 1.84. The monoisotopic (exact) mass is 351 g/mol. The molecule has 0 spiro atoms. The Labute approximate surface area is 152 Å². The van der Waals surface area contributed by atoms with E-state index in [-0.39, 0.29) is 5.91 Å². The second-order valence-electron chi connectivity index (χ2n) is 5.96. The molecule has 0 bridgehead atoms. The van der Waals surface area contributed by atoms with Gasteiger partial charge in [-0.05, 0) is 36.4 Å². The van der Waals surface area contributed by atoms with Gasteiger partial charge in [0.25, 0.3) is 0 Å². The van der Waals surface area contributed by atoms with Crippen molar-refractivity contribution < 1.29 is 4.79 Å². The maximum atomic E-state index is 11.4. The van der Waals surface area contributed by atoms with Crippen molar-refractivity contribution in [2.24, 2.45) is 0 Å². The summed E-state index contributed by atoms with van der Waals surface area (Å²) >= 11 is 1.64. The quantitative estimate of drug-likeness (QED) is 0.712. The summed E-state index contributed by atoms with van der Waals surface area (Å²) in [4.78, 5) is 18.3. The minimum atomic E-state index is 0.0184. The second kappa shape index (κ2) is 7.49. The predicted molar refractivity (Wildman–Crippen MR) is 106 cm³/mol. The molecule has 0 saturated carbocycles. The zero-order valence-corrected chi connectivity index (χ0v) is 15.4. The van der Waals surface area contributed by atoms with Gasteiger partial charge in [-0.15, -0.1) is 11.3 Å². The number of nitrogens with zero attached hydrogens (tertiary/aromatic N) is 2. The number of aromatic nitrogens is 1. The van der Waals surface area contributed by atoms with Gasteiger partial charge in [0.1, 0.15) is 5.01 Å². The van der Waals surface area contributed by atoms with Crippen LogP contribution < -0.4 is 10.2 Å². The lowest BCUT2D eigenvalue weighted by atomic mass is 10.1. The van der Waals surface area contributed by atoms with Crippen LogP contribution in [0.25, 0.3) is 21.8 Å². The minimum Gasteiger partial charge on any atom is -0.378 e. The van der Waals surface area contributed by atoms with Crippen LogP contribution in [-0.4, -0.2) is 25.0 Å². The molecule has 0 fully saturated rings. The lowest BCUT2D eigenvalue weighted by molar-refractivity contribution is -0.115. The first-order valence-electron chi connectivity index (χ1n) is 8.20. The Kier molecular flexibility index (Phi) is 5.14. The average molecular weight is 351 g/mol. The number of nitrogens with one attached hydrogen (secondary N) is 1. The molecule has 0 aliphatic rings. The van der Waals surface area contributed by atoms with Crippen LogP contribution in [0.15, 0.2) is 53.9 Å². The Bertz CT molecular complexity index is 851. The molecule has 0 saturated heterocycles. The molecule has 4 nitrogen and oxygen atoms in total. The normalized spacial score (nSPS) is 10.5. The van der Waals surface area contributed by atoms with Gasteiger partial charge in [-0.1, -0.05) is 19.1 Å². The van der Waals surface area contributed by atoms with Gasteiger partial charge in [0, 0.05) is 48.4 Å². The first-order chi connectivity index (χ1) is 12.1. The fraction of sp³-hybridized carbons (Fsp3) is 0.200. The molecule has 3 aromatic rings. The van der Waals surface area contributed by atoms with Gasteiger partial charge < -0.3 is 10.2 Å². The Hall–Kier alpha value is -2.66. The first kappa shape index (κ1) is 17.2. The van der Waals surface area contributed by atoms with Gasteiger partial charge >= 0.3 is 0 Å². The summed E-state index contributed by atoms with van der Waals surface area (Å²) in [6, 6.07) is 16.2. The smallest absolute Gasteiger partial charge is 0.224 e. The summed E-state index contributed by atoms with van der Waals surface area (Å²) in [5.74, 6) is 0.0184. The van der Waals surface area contributed by atoms with E-state index in [1.54, 1.807) is 11.3 Å². The van der Waals surface area contributed by atoms with E-state index in [0.29, 0.717) is 6.42 Å². The van der Waals surface area contributed by atoms with E-state index in [1.807, 2.05) is 45.3 Å². The number of thiazole rings is 1. The Morgan fingerprint density at radius 1 is 1.04 bits per heavy atom. The third-order valence-electron chi connectivity index (χ3n) is 3.92. The number of anilines is 2. The largest absolute Gasteiger partial charge is 0.378 e. The van der Waals surface area contributed by atoms with E-state index in [9.17, 15) is 4.79 Å². The zero-order valence-electron chi connectivity index (χ0n) is 14.6. The van der Waals surface area contributed by atoms with Crippen LogP contribution in [0.2, 0.25) is 0 Å². The lowest BCUT2D eigenvalue weighted by Crippen LogP contribution is -2.08. The molecule has 5 heteroatoms. The van der Waals surface area contributed by atoms with E-state index in [4.69, 9.17) is 4.98 Å². The van der Waals surface area contributed by atoms with E-state index in [0.717, 1.165) is 27.5 Å². The van der Waals surface area contributed by atoms with Crippen LogP contribution >= 0.6 is 11.3 Å². The Morgan fingerprint density at radius 2 is 1.68 bits per heavy atom. The highest BCUT2D eigenvalue weighted by Gasteiger charge is 2.08. The van der Waals surface area contributed by atoms with Crippen molar-refractivity contribution in [3.8, 4) is 21.8 Å². The summed E-state index contributed by atoms with van der Waals surface area (Å²) in [7, 11) is 4.06. The molecule has 1 aromatic heterocycles. The standard InChI is InChI=1S/C20H21N3OS/c1-4-19(24)21-16-9-5-14(6-10-16)18-13-25-20(22-18)15-7-11-17(12-8-15)23(2)3/h5-13H,4H2,1-3H3,(H,21,24). The average Bonchev–Trinajstić information content (AvgIpc) is 3.12. The first-order valence-corrected chi connectivity index (χ1v) is 9.08. The highest BCUT2D eigenvalue weighted by Crippen LogP contribution is 2.30. The lowest BCUT2D eigenvalue weighted by Gasteiger charge is -2.11. The van der Waals surface area contributed by atoms with E-state index >= 15 is 0 Å². The summed E-state index contributed by atoms with van der Waals surface area (Å²) in [5, 5.41) is 5.92. The molecule has 25 heavy (non-hydrogen) atoms. The van der Waals surface area contributed by atoms with Crippen molar-refractivity contribution in [2.75, 3.05) is 24.3 Å². The molecule has 3 rings (SSSR count). The number of carbonyl (C=O) groups excluding carboxylic acids is 1. The maximum absolute atomic E-state index is 11.4. The van der Waals surface area contributed by atoms with Gasteiger partial charge in [0.15, 0.2) is 0 Å². The van der Waals surface area contributed by atoms with Crippen LogP contribution in [0.3, 0.4) is 0 Å². The topological polar surface area (TPSA) is 45.2 Å². The van der Waals surface area contributed by atoms with E-state index < -0.39 is 0 Å². The van der Waals surface area contributed by atoms with Crippen LogP contribution in [0.4, 0.5) is 11.4 Å². The molecular formula is C20H21N3OS. The number of hydrogen-bond acceptors (Lipinski definition) is 4. The minimum absolute atomic E-state index is 0.0184. The zero-order chi connectivity index (χ0) is 17.8. The van der Waals surface area contributed by atoms with Crippen LogP contribution in [0.5, 0.6) is 0 Å². The summed E-state index contributed by atoms with van der Waals surface area (Å²) in [6.07, 6.45) is 0.476. The number of amides is 1. The third kappa shape index (κ3) is 4.06. The summed E-state index contributed by atoms with van der Waals surface area (Å²) < 4.78 is 0. The molecule has 1 heterocycles. The third-order valence-corrected chi connectivity index (χ3v) is 4.81. The van der Waals surface area contributed by atoms with Crippen molar-refractivity contribution in [1.82, 2.24) is 4.98 Å². The van der Waals surface area contributed by atoms with E-state index in [1.165, 1.54) is 5.69 Å². The predicted octanol–water partition coefficient (Wildman–Crippen LogP) is 4.89. The molecule has 0 radical (unpaired) electrons. The molecule has 128 valence electrons. The highest BCUT2D eigenvalue weighted by molar-refractivity contribution is 7.13. The molecule has 0 unspecified atom stereocenters. The molecule has 1 N–H and O–H groups in total. The van der Waals surface area contributed by atoms with E-state index in [2.05, 4.69) is 39.9 Å². The number of hydrogen-bond donors (Lipinski definition) is 1. The number of rotatable bonds is 5. The second-order valence-corrected chi connectivity index (χ2v) is 6.82. The number of carbonyl (C=O) groups is 1. The Balaban J connectivity index is 1.77. The van der Waals surface area contributed by atoms with Gasteiger partial charge in [-0.25, -0.2) is 4.98 Å². The molecule has 1 amide bonds. The van der Waals surface area contributed by atoms with Gasteiger partial charge in [0.2, 0.25) is 5.91 Å². The number of benzene rings is 2. The fourth-order valence-electron chi connectivity index (χ4n) is 2.41. The van der Waals surface area contributed by atoms with Gasteiger partial charge in [0.05, 0.1) is 5.69 Å². The summed E-state index contributed by atoms with van der Waals surface area (Å²) in [5.41, 5.74) is 5.09. The van der Waals surface area contributed by atoms with Crippen molar-refractivity contribution >= 4 is 28.6 Å². The maximum Gasteiger partial charge on any atom is 0.224 e. The molecular weight excluding hydrogens is 330 g/mol. The molecule has 0 aliphatic heterocycles. The van der Waals surface area contributed by atoms with Gasteiger partial charge in [-0.3, -0.25) is 4.79 Å². The fourth-order valence-corrected chi connectivity index (χ4v) is 3.25. The molecule has 0 atom stereocenters. The van der Waals surface area contributed by atoms with Crippen LogP contribution in [0, 0.1) is 0 Å². The van der Waals surface area contributed by atoms with Crippen LogP contribution in [0.1, 0.15) is 13.3 Å². The molecule has 0 aliphatic carbocycles. The van der Waals surface area contributed by atoms with Gasteiger partial charge in [-0.2, -0.15) is 0 Å². The molecule has 2 aromatic carbocycles. The Morgan fingerprint density at radius 3 is 2.28 bits per heavy atom. The van der Waals surface area contributed by atoms with Crippen molar-refractivity contribution in [3.05, 3.63) is 53.9 Å². The highest BCUT2D eigenvalue weighted by atomic mass is 32.1. The van der Waals surface area contributed by atoms with Crippen molar-refractivity contribution in [2.45, 2.75) is 13.3 Å². The van der Waals surface area contributed by atoms with Crippen molar-refractivity contribution in [1.29, 1.82) is 0 Å².